The van der Waals surface area contributed by atoms with Crippen molar-refractivity contribution >= 4 is 34.6 Å². The number of thiocarbonyl (C=S) groups is 1. The quantitative estimate of drug-likeness (QED) is 0.628. The van der Waals surface area contributed by atoms with Gasteiger partial charge < -0.3 is 10.8 Å². The molecular weight excluding hydrogens is 266 g/mol. The van der Waals surface area contributed by atoms with Gasteiger partial charge in [-0.15, -0.1) is 0 Å². The van der Waals surface area contributed by atoms with Crippen LogP contribution in [0.3, 0.4) is 0 Å². The van der Waals surface area contributed by atoms with E-state index < -0.39 is 11.9 Å². The molecule has 19 heavy (non-hydrogen) atoms. The van der Waals surface area contributed by atoms with Crippen LogP contribution in [0.25, 0.3) is 0 Å². The van der Waals surface area contributed by atoms with Crippen molar-refractivity contribution in [1.29, 1.82) is 0 Å². The third-order valence-corrected chi connectivity index (χ3v) is 2.64. The van der Waals surface area contributed by atoms with E-state index in [0.717, 1.165) is 5.01 Å². The molecule has 8 heteroatoms. The number of hydrazone groups is 1. The Morgan fingerprint density at radius 3 is 2.79 bits per heavy atom. The van der Waals surface area contributed by atoms with Crippen molar-refractivity contribution < 1.29 is 9.90 Å². The highest BCUT2D eigenvalue weighted by molar-refractivity contribution is 7.80. The summed E-state index contributed by atoms with van der Waals surface area (Å²) in [5.41, 5.74) is 6.08. The molecule has 2 rings (SSSR count). The summed E-state index contributed by atoms with van der Waals surface area (Å²) in [7, 11) is 0. The van der Waals surface area contributed by atoms with Crippen LogP contribution < -0.4 is 5.73 Å². The number of para-hydroxylation sites is 1. The summed E-state index contributed by atoms with van der Waals surface area (Å²) in [6.45, 7) is 1.63. The maximum Gasteiger partial charge on any atom is 0.282 e. The molecule has 1 aromatic carbocycles. The van der Waals surface area contributed by atoms with Gasteiger partial charge in [-0.1, -0.05) is 12.1 Å². The third-order valence-electron chi connectivity index (χ3n) is 2.47. The topological polar surface area (TPSA) is 104 Å². The minimum absolute atomic E-state index is 0.0162. The molecule has 0 spiro atoms. The Hall–Kier alpha value is -2.35. The molecule has 0 saturated carbocycles. The van der Waals surface area contributed by atoms with Crippen LogP contribution in [0.5, 0.6) is 5.75 Å². The zero-order valence-corrected chi connectivity index (χ0v) is 10.8. The molecule has 0 aromatic heterocycles. The fourth-order valence-electron chi connectivity index (χ4n) is 1.52. The molecule has 3 N–H and O–H groups in total. The van der Waals surface area contributed by atoms with Crippen LogP contribution in [0.4, 0.5) is 5.69 Å². The standard InChI is InChI=1S/C11H11N5O2S/c1-6-9(10(18)16(15-6)11(12)19)14-13-7-4-2-3-5-8(7)17/h2-5,9,17H,1H3,(H2,12,19). The first-order chi connectivity index (χ1) is 9.00. The summed E-state index contributed by atoms with van der Waals surface area (Å²) in [4.78, 5) is 11.9. The van der Waals surface area contributed by atoms with Crippen molar-refractivity contribution in [1.82, 2.24) is 5.01 Å². The first kappa shape index (κ1) is 13.1. The molecular formula is C11H11N5O2S. The molecule has 7 nitrogen and oxygen atoms in total. The highest BCUT2D eigenvalue weighted by Crippen LogP contribution is 2.26. The van der Waals surface area contributed by atoms with Crippen LogP contribution in [0.2, 0.25) is 0 Å². The van der Waals surface area contributed by atoms with Gasteiger partial charge in [-0.3, -0.25) is 4.79 Å². The van der Waals surface area contributed by atoms with E-state index in [4.69, 9.17) is 18.0 Å². The van der Waals surface area contributed by atoms with E-state index in [9.17, 15) is 9.90 Å². The number of phenols is 1. The highest BCUT2D eigenvalue weighted by atomic mass is 32.1. The second kappa shape index (κ2) is 5.11. The smallest absolute Gasteiger partial charge is 0.282 e. The maximum atomic E-state index is 11.9. The molecule has 98 valence electrons. The molecule has 1 aromatic rings. The number of nitrogens with two attached hydrogens (primary N) is 1. The maximum absolute atomic E-state index is 11.9. The number of azo groups is 1. The zero-order chi connectivity index (χ0) is 14.0. The lowest BCUT2D eigenvalue weighted by atomic mass is 10.2. The average Bonchev–Trinajstić information content (AvgIpc) is 2.65. The molecule has 0 radical (unpaired) electrons. The first-order valence-electron chi connectivity index (χ1n) is 5.38. The van der Waals surface area contributed by atoms with Gasteiger partial charge in [0.1, 0.15) is 11.4 Å². The summed E-state index contributed by atoms with van der Waals surface area (Å²) < 4.78 is 0. The number of carbonyl (C=O) groups excluding carboxylic acids is 1. The number of rotatable bonds is 2. The van der Waals surface area contributed by atoms with E-state index in [1.165, 1.54) is 6.07 Å². The van der Waals surface area contributed by atoms with Crippen molar-refractivity contribution in [2.24, 2.45) is 21.1 Å². The second-order valence-corrected chi connectivity index (χ2v) is 4.25. The molecule has 1 aliphatic rings. The van der Waals surface area contributed by atoms with E-state index in [-0.39, 0.29) is 16.5 Å². The lowest BCUT2D eigenvalue weighted by molar-refractivity contribution is -0.126. The van der Waals surface area contributed by atoms with Crippen LogP contribution in [0, 0.1) is 0 Å². The summed E-state index contributed by atoms with van der Waals surface area (Å²) in [6, 6.07) is 5.56. The van der Waals surface area contributed by atoms with Crippen molar-refractivity contribution in [3.63, 3.8) is 0 Å². The van der Waals surface area contributed by atoms with Gasteiger partial charge in [-0.05, 0) is 31.3 Å². The number of carbonyl (C=O) groups is 1. The average molecular weight is 277 g/mol. The zero-order valence-electron chi connectivity index (χ0n) is 10.0. The van der Waals surface area contributed by atoms with E-state index in [2.05, 4.69) is 15.3 Å². The fraction of sp³-hybridized carbons (Fsp3) is 0.182. The van der Waals surface area contributed by atoms with E-state index in [1.807, 2.05) is 0 Å². The Labute approximate surface area is 114 Å². The molecule has 0 aliphatic carbocycles. The normalized spacial score (nSPS) is 19.0. The summed E-state index contributed by atoms with van der Waals surface area (Å²) in [5, 5.41) is 21.9. The summed E-state index contributed by atoms with van der Waals surface area (Å²) in [5.74, 6) is -0.471. The van der Waals surface area contributed by atoms with E-state index in [1.54, 1.807) is 25.1 Å². The molecule has 1 heterocycles. The second-order valence-electron chi connectivity index (χ2n) is 3.84. The van der Waals surface area contributed by atoms with Gasteiger partial charge in [0.25, 0.3) is 5.91 Å². The van der Waals surface area contributed by atoms with Crippen molar-refractivity contribution in [2.75, 3.05) is 0 Å². The molecule has 0 saturated heterocycles. The Morgan fingerprint density at radius 2 is 2.21 bits per heavy atom. The van der Waals surface area contributed by atoms with Gasteiger partial charge in [0.15, 0.2) is 11.2 Å². The number of phenolic OH excluding ortho intramolecular Hbond substituents is 1. The number of amides is 1. The van der Waals surface area contributed by atoms with Gasteiger partial charge in [0, 0.05) is 0 Å². The van der Waals surface area contributed by atoms with Crippen LogP contribution in [-0.2, 0) is 4.79 Å². The van der Waals surface area contributed by atoms with E-state index in [0.29, 0.717) is 5.71 Å². The monoisotopic (exact) mass is 277 g/mol. The van der Waals surface area contributed by atoms with Gasteiger partial charge in [-0.25, -0.2) is 0 Å². The van der Waals surface area contributed by atoms with Crippen LogP contribution >= 0.6 is 12.2 Å². The Balaban J connectivity index is 2.21. The van der Waals surface area contributed by atoms with Crippen molar-refractivity contribution in [3.8, 4) is 5.75 Å². The van der Waals surface area contributed by atoms with E-state index >= 15 is 0 Å². The lowest BCUT2D eigenvalue weighted by Crippen LogP contribution is -2.37. The minimum atomic E-state index is -0.860. The van der Waals surface area contributed by atoms with Crippen LogP contribution in [0.15, 0.2) is 39.6 Å². The van der Waals surface area contributed by atoms with Crippen molar-refractivity contribution in [2.45, 2.75) is 13.0 Å². The molecule has 0 fully saturated rings. The van der Waals surface area contributed by atoms with Gasteiger partial charge in [0.05, 0.1) is 5.71 Å². The Bertz CT molecular complexity index is 599. The SMILES string of the molecule is CC1=NN(C(N)=S)C(=O)C1N=Nc1ccccc1O. The molecule has 0 bridgehead atoms. The first-order valence-corrected chi connectivity index (χ1v) is 5.79. The molecule has 1 amide bonds. The molecule has 1 atom stereocenters. The fourth-order valence-corrected chi connectivity index (χ4v) is 1.65. The predicted molar refractivity (Wildman–Crippen MR) is 73.2 cm³/mol. The van der Waals surface area contributed by atoms with Crippen LogP contribution in [-0.4, -0.2) is 32.9 Å². The number of aromatic hydroxyl groups is 1. The Kier molecular flexibility index (Phi) is 3.52. The number of nitrogens with zero attached hydrogens (tertiary/aromatic N) is 4. The lowest BCUT2D eigenvalue weighted by Gasteiger charge is -2.08. The third kappa shape index (κ3) is 2.58. The predicted octanol–water partition coefficient (Wildman–Crippen LogP) is 1.31. The molecule has 1 unspecified atom stereocenters. The highest BCUT2D eigenvalue weighted by Gasteiger charge is 2.35. The van der Waals surface area contributed by atoms with Crippen molar-refractivity contribution in [3.05, 3.63) is 24.3 Å². The van der Waals surface area contributed by atoms with Gasteiger partial charge in [0.2, 0.25) is 0 Å². The summed E-state index contributed by atoms with van der Waals surface area (Å²) >= 11 is 4.70. The number of hydrogen-bond acceptors (Lipinski definition) is 6. The number of hydrogen-bond donors (Lipinski definition) is 2. The van der Waals surface area contributed by atoms with Crippen LogP contribution in [0.1, 0.15) is 6.92 Å². The van der Waals surface area contributed by atoms with Gasteiger partial charge in [-0.2, -0.15) is 20.3 Å². The molecule has 1 aliphatic heterocycles. The number of benzene rings is 1. The Morgan fingerprint density at radius 1 is 1.53 bits per heavy atom. The largest absolute Gasteiger partial charge is 0.506 e. The summed E-state index contributed by atoms with van der Waals surface area (Å²) in [6.07, 6.45) is 0. The van der Waals surface area contributed by atoms with Gasteiger partial charge >= 0.3 is 0 Å². The minimum Gasteiger partial charge on any atom is -0.506 e.